The van der Waals surface area contributed by atoms with Gasteiger partial charge in [-0.15, -0.1) is 0 Å². The fourth-order valence-electron chi connectivity index (χ4n) is 2.76. The summed E-state index contributed by atoms with van der Waals surface area (Å²) in [4.78, 5) is 37.9. The first-order chi connectivity index (χ1) is 13.0. The number of halogens is 2. The lowest BCUT2D eigenvalue weighted by Crippen LogP contribution is -2.39. The second kappa shape index (κ2) is 8.73. The quantitative estimate of drug-likeness (QED) is 0.555. The molecule has 0 radical (unpaired) electrons. The van der Waals surface area contributed by atoms with Crippen molar-refractivity contribution in [2.24, 2.45) is 5.92 Å². The molecule has 0 aliphatic carbocycles. The molecule has 6 nitrogen and oxygen atoms in total. The van der Waals surface area contributed by atoms with Crippen LogP contribution in [0.25, 0.3) is 0 Å². The smallest absolute Gasteiger partial charge is 0.261 e. The first-order valence-corrected chi connectivity index (χ1v) is 9.47. The van der Waals surface area contributed by atoms with E-state index >= 15 is 0 Å². The van der Waals surface area contributed by atoms with Gasteiger partial charge in [-0.3, -0.25) is 14.4 Å². The molecule has 1 aromatic carbocycles. The van der Waals surface area contributed by atoms with Crippen LogP contribution >= 0.6 is 11.6 Å². The van der Waals surface area contributed by atoms with Gasteiger partial charge in [0.15, 0.2) is 0 Å². The minimum absolute atomic E-state index is 0.0475. The number of carbonyl (C=O) groups is 3. The van der Waals surface area contributed by atoms with Crippen LogP contribution < -0.4 is 15.5 Å². The third-order valence-corrected chi connectivity index (χ3v) is 4.68. The van der Waals surface area contributed by atoms with E-state index in [0.717, 1.165) is 11.0 Å². The molecule has 1 aromatic rings. The van der Waals surface area contributed by atoms with E-state index in [1.165, 1.54) is 6.07 Å². The summed E-state index contributed by atoms with van der Waals surface area (Å²) in [5.41, 5.74) is 1.14. The van der Waals surface area contributed by atoms with Gasteiger partial charge < -0.3 is 10.6 Å². The summed E-state index contributed by atoms with van der Waals surface area (Å²) >= 11 is 6.10. The van der Waals surface area contributed by atoms with Crippen LogP contribution in [0, 0.1) is 11.7 Å². The molecule has 1 saturated heterocycles. The van der Waals surface area contributed by atoms with Crippen molar-refractivity contribution < 1.29 is 18.8 Å². The molecule has 28 heavy (non-hydrogen) atoms. The van der Waals surface area contributed by atoms with E-state index in [1.54, 1.807) is 20.8 Å². The van der Waals surface area contributed by atoms with E-state index in [-0.39, 0.29) is 28.7 Å². The minimum Gasteiger partial charge on any atom is -0.373 e. The molecule has 1 atom stereocenters. The van der Waals surface area contributed by atoms with Gasteiger partial charge in [0.25, 0.3) is 5.91 Å². The van der Waals surface area contributed by atoms with Crippen molar-refractivity contribution in [3.63, 3.8) is 0 Å². The Morgan fingerprint density at radius 2 is 1.89 bits per heavy atom. The number of anilines is 2. The lowest BCUT2D eigenvalue weighted by molar-refractivity contribution is -0.122. The summed E-state index contributed by atoms with van der Waals surface area (Å²) in [5, 5.41) is 5.76. The van der Waals surface area contributed by atoms with E-state index in [9.17, 15) is 18.8 Å². The SMILES string of the molecule is CC(C)=C1CC(=O)N(c2cc(NC(C)C(=O)NCC(C)C)c(Cl)cc2F)C1=O. The molecule has 1 fully saturated rings. The highest BCUT2D eigenvalue weighted by Gasteiger charge is 2.37. The van der Waals surface area contributed by atoms with E-state index in [0.29, 0.717) is 23.6 Å². The Kier molecular flexibility index (Phi) is 6.82. The van der Waals surface area contributed by atoms with Gasteiger partial charge in [0.2, 0.25) is 11.8 Å². The fourth-order valence-corrected chi connectivity index (χ4v) is 2.97. The van der Waals surface area contributed by atoms with E-state index in [4.69, 9.17) is 11.6 Å². The van der Waals surface area contributed by atoms with Crippen molar-refractivity contribution in [1.82, 2.24) is 5.32 Å². The van der Waals surface area contributed by atoms with Gasteiger partial charge in [0.05, 0.1) is 22.8 Å². The number of nitrogens with zero attached hydrogens (tertiary/aromatic N) is 1. The topological polar surface area (TPSA) is 78.5 Å². The summed E-state index contributed by atoms with van der Waals surface area (Å²) in [6.45, 7) is 9.58. The van der Waals surface area contributed by atoms with E-state index in [1.807, 2.05) is 13.8 Å². The van der Waals surface area contributed by atoms with E-state index in [2.05, 4.69) is 10.6 Å². The first-order valence-electron chi connectivity index (χ1n) is 9.09. The molecule has 2 rings (SSSR count). The standard InChI is InChI=1S/C20H25ClFN3O3/c1-10(2)9-23-19(27)12(5)24-16-8-17(15(22)7-14(16)21)25-18(26)6-13(11(3)4)20(25)28/h7-8,10,12,24H,6,9H2,1-5H3,(H,23,27). The van der Waals surface area contributed by atoms with Crippen LogP contribution in [0.1, 0.15) is 41.0 Å². The summed E-state index contributed by atoms with van der Waals surface area (Å²) in [5.74, 6) is -1.77. The summed E-state index contributed by atoms with van der Waals surface area (Å²) in [7, 11) is 0. The van der Waals surface area contributed by atoms with Gasteiger partial charge in [-0.05, 0) is 38.8 Å². The number of hydrogen-bond donors (Lipinski definition) is 2. The molecule has 2 N–H and O–H groups in total. The van der Waals surface area contributed by atoms with Crippen LogP contribution in [0.5, 0.6) is 0 Å². The monoisotopic (exact) mass is 409 g/mol. The number of rotatable bonds is 6. The Morgan fingerprint density at radius 1 is 1.25 bits per heavy atom. The maximum Gasteiger partial charge on any atom is 0.261 e. The van der Waals surface area contributed by atoms with Crippen molar-refractivity contribution in [2.45, 2.75) is 47.1 Å². The Hall–Kier alpha value is -2.41. The minimum atomic E-state index is -0.788. The normalized spacial score (nSPS) is 15.3. The van der Waals surface area contributed by atoms with Gasteiger partial charge in [-0.25, -0.2) is 9.29 Å². The zero-order valence-corrected chi connectivity index (χ0v) is 17.4. The average molecular weight is 410 g/mol. The van der Waals surface area contributed by atoms with Crippen LogP contribution in [0.3, 0.4) is 0 Å². The van der Waals surface area contributed by atoms with Crippen molar-refractivity contribution >= 4 is 40.7 Å². The zero-order valence-electron chi connectivity index (χ0n) is 16.7. The van der Waals surface area contributed by atoms with Crippen molar-refractivity contribution in [3.05, 3.63) is 34.1 Å². The molecule has 1 heterocycles. The van der Waals surface area contributed by atoms with Gasteiger partial charge in [-0.2, -0.15) is 0 Å². The summed E-state index contributed by atoms with van der Waals surface area (Å²) < 4.78 is 14.5. The molecular weight excluding hydrogens is 385 g/mol. The maximum absolute atomic E-state index is 14.5. The summed E-state index contributed by atoms with van der Waals surface area (Å²) in [6.07, 6.45) is -0.0694. The second-order valence-corrected chi connectivity index (χ2v) is 7.89. The molecule has 0 saturated carbocycles. The van der Waals surface area contributed by atoms with Crippen molar-refractivity contribution in [2.75, 3.05) is 16.8 Å². The molecular formula is C20H25ClFN3O3. The van der Waals surface area contributed by atoms with Crippen LogP contribution in [0.2, 0.25) is 5.02 Å². The number of nitrogens with one attached hydrogen (secondary N) is 2. The third kappa shape index (κ3) is 4.70. The number of benzene rings is 1. The van der Waals surface area contributed by atoms with Crippen LogP contribution in [-0.4, -0.2) is 30.3 Å². The number of hydrogen-bond acceptors (Lipinski definition) is 4. The van der Waals surface area contributed by atoms with Crippen LogP contribution in [-0.2, 0) is 14.4 Å². The third-order valence-electron chi connectivity index (χ3n) is 4.37. The highest BCUT2D eigenvalue weighted by atomic mass is 35.5. The number of allylic oxidation sites excluding steroid dienone is 1. The molecule has 152 valence electrons. The highest BCUT2D eigenvalue weighted by Crippen LogP contribution is 2.35. The average Bonchev–Trinajstić information content (AvgIpc) is 2.90. The molecule has 8 heteroatoms. The predicted molar refractivity (Wildman–Crippen MR) is 108 cm³/mol. The van der Waals surface area contributed by atoms with Gasteiger partial charge in [-0.1, -0.05) is 31.0 Å². The molecule has 0 bridgehead atoms. The molecule has 0 aromatic heterocycles. The van der Waals surface area contributed by atoms with Gasteiger partial charge >= 0.3 is 0 Å². The Morgan fingerprint density at radius 3 is 2.43 bits per heavy atom. The lowest BCUT2D eigenvalue weighted by atomic mass is 10.1. The van der Waals surface area contributed by atoms with Crippen LogP contribution in [0.15, 0.2) is 23.3 Å². The molecule has 1 aliphatic rings. The Bertz CT molecular complexity index is 847. The number of imide groups is 1. The largest absolute Gasteiger partial charge is 0.373 e. The number of amides is 3. The van der Waals surface area contributed by atoms with E-state index < -0.39 is 23.7 Å². The molecule has 1 unspecified atom stereocenters. The van der Waals surface area contributed by atoms with Gasteiger partial charge in [0, 0.05) is 12.1 Å². The fraction of sp³-hybridized carbons (Fsp3) is 0.450. The van der Waals surface area contributed by atoms with Crippen LogP contribution in [0.4, 0.5) is 15.8 Å². The maximum atomic E-state index is 14.5. The summed E-state index contributed by atoms with van der Waals surface area (Å²) in [6, 6.07) is 1.67. The van der Waals surface area contributed by atoms with Gasteiger partial charge in [0.1, 0.15) is 11.9 Å². The number of carbonyl (C=O) groups excluding carboxylic acids is 3. The second-order valence-electron chi connectivity index (χ2n) is 7.48. The molecule has 1 aliphatic heterocycles. The zero-order chi connectivity index (χ0) is 21.2. The Balaban J connectivity index is 2.30. The molecule has 0 spiro atoms. The van der Waals surface area contributed by atoms with Crippen molar-refractivity contribution in [3.8, 4) is 0 Å². The van der Waals surface area contributed by atoms with Crippen molar-refractivity contribution in [1.29, 1.82) is 0 Å². The highest BCUT2D eigenvalue weighted by molar-refractivity contribution is 6.34. The first kappa shape index (κ1) is 21.9. The molecule has 3 amide bonds. The lowest BCUT2D eigenvalue weighted by Gasteiger charge is -2.20. The predicted octanol–water partition coefficient (Wildman–Crippen LogP) is 3.65. The Labute approximate surface area is 169 Å².